The fourth-order valence-corrected chi connectivity index (χ4v) is 0.711. The molecule has 0 saturated heterocycles. The molecule has 0 aliphatic heterocycles. The Labute approximate surface area is 82.9 Å². The Bertz CT molecular complexity index is 232. The molecule has 2 N–H and O–H groups in total. The Kier molecular flexibility index (Phi) is 5.36. The zero-order chi connectivity index (χ0) is 11.1. The van der Waals surface area contributed by atoms with Crippen molar-refractivity contribution in [3.63, 3.8) is 0 Å². The minimum absolute atomic E-state index is 0.0744. The summed E-state index contributed by atoms with van der Waals surface area (Å²) >= 11 is 0. The summed E-state index contributed by atoms with van der Waals surface area (Å²) in [6.45, 7) is 5.21. The van der Waals surface area contributed by atoms with E-state index in [1.165, 1.54) is 6.92 Å². The average molecular weight is 201 g/mol. The average Bonchev–Trinajstić information content (AvgIpc) is 2.16. The molecule has 0 bridgehead atoms. The molecule has 14 heavy (non-hydrogen) atoms. The Morgan fingerprint density at radius 1 is 1.07 bits per heavy atom. The lowest BCUT2D eigenvalue weighted by Gasteiger charge is -2.06. The maximum absolute atomic E-state index is 11.1. The molecule has 0 spiro atoms. The van der Waals surface area contributed by atoms with Crippen molar-refractivity contribution >= 4 is 11.9 Å². The van der Waals surface area contributed by atoms with Gasteiger partial charge < -0.3 is 15.2 Å². The Hall–Kier alpha value is -1.52. The summed E-state index contributed by atoms with van der Waals surface area (Å²) in [4.78, 5) is 22.2. The van der Waals surface area contributed by atoms with E-state index in [9.17, 15) is 9.59 Å². The summed E-state index contributed by atoms with van der Waals surface area (Å²) in [6, 6.07) is 0. The molecular weight excluding hydrogens is 186 g/mol. The third-order valence-corrected chi connectivity index (χ3v) is 1.48. The topological polar surface area (TPSA) is 78.6 Å². The summed E-state index contributed by atoms with van der Waals surface area (Å²) in [7, 11) is 0. The van der Waals surface area contributed by atoms with Gasteiger partial charge in [0.2, 0.25) is 0 Å². The van der Waals surface area contributed by atoms with Crippen LogP contribution in [0.4, 0.5) is 0 Å². The van der Waals surface area contributed by atoms with E-state index in [0.717, 1.165) is 0 Å². The van der Waals surface area contributed by atoms with E-state index in [-0.39, 0.29) is 24.5 Å². The van der Waals surface area contributed by atoms with Crippen molar-refractivity contribution in [1.82, 2.24) is 0 Å². The van der Waals surface area contributed by atoms with E-state index in [0.29, 0.717) is 0 Å². The lowest BCUT2D eigenvalue weighted by molar-refractivity contribution is -0.141. The summed E-state index contributed by atoms with van der Waals surface area (Å²) < 4.78 is 9.29. The predicted molar refractivity (Wildman–Crippen MR) is 50.2 cm³/mol. The van der Waals surface area contributed by atoms with E-state index in [2.05, 4.69) is 9.47 Å². The third-order valence-electron chi connectivity index (χ3n) is 1.48. The van der Waals surface area contributed by atoms with Crippen LogP contribution in [-0.4, -0.2) is 25.2 Å². The van der Waals surface area contributed by atoms with Crippen molar-refractivity contribution in [3.05, 3.63) is 11.3 Å². The highest BCUT2D eigenvalue weighted by molar-refractivity contribution is 5.99. The van der Waals surface area contributed by atoms with Gasteiger partial charge in [0.25, 0.3) is 0 Å². The molecular formula is C9H15NO4. The minimum Gasteiger partial charge on any atom is -0.463 e. The lowest BCUT2D eigenvalue weighted by atomic mass is 10.2. The molecule has 0 atom stereocenters. The number of hydrogen-bond donors (Lipinski definition) is 1. The highest BCUT2D eigenvalue weighted by Crippen LogP contribution is 2.02. The van der Waals surface area contributed by atoms with E-state index in [4.69, 9.17) is 5.73 Å². The molecule has 5 heteroatoms. The van der Waals surface area contributed by atoms with Crippen LogP contribution in [0.25, 0.3) is 0 Å². The standard InChI is InChI=1S/C9H15NO4/c1-4-13-8(11)6(3)7(10)9(12)14-5-2/h4-5,10H2,1-3H3/b7-6+. The van der Waals surface area contributed by atoms with Gasteiger partial charge in [-0.1, -0.05) is 0 Å². The largest absolute Gasteiger partial charge is 0.463 e. The van der Waals surface area contributed by atoms with Crippen molar-refractivity contribution in [3.8, 4) is 0 Å². The summed E-state index contributed by atoms with van der Waals surface area (Å²) in [5, 5.41) is 0. The van der Waals surface area contributed by atoms with Gasteiger partial charge in [0.1, 0.15) is 5.70 Å². The van der Waals surface area contributed by atoms with Crippen LogP contribution in [0, 0.1) is 0 Å². The summed E-state index contributed by atoms with van der Waals surface area (Å²) in [5.74, 6) is -1.30. The molecule has 0 aromatic rings. The molecule has 0 amide bonds. The SMILES string of the molecule is CCOC(=O)/C(C)=C(/N)C(=O)OCC. The van der Waals surface area contributed by atoms with E-state index < -0.39 is 11.9 Å². The van der Waals surface area contributed by atoms with Crippen LogP contribution in [0.1, 0.15) is 20.8 Å². The zero-order valence-corrected chi connectivity index (χ0v) is 8.62. The summed E-state index contributed by atoms with van der Waals surface area (Å²) in [5.41, 5.74) is 5.25. The highest BCUT2D eigenvalue weighted by Gasteiger charge is 2.15. The molecule has 0 aliphatic rings. The number of carbonyl (C=O) groups is 2. The molecule has 0 saturated carbocycles. The molecule has 0 aromatic carbocycles. The second kappa shape index (κ2) is 6.01. The number of esters is 2. The fraction of sp³-hybridized carbons (Fsp3) is 0.556. The molecule has 0 rings (SSSR count). The number of rotatable bonds is 4. The van der Waals surface area contributed by atoms with Crippen LogP contribution in [0.2, 0.25) is 0 Å². The molecule has 0 heterocycles. The molecule has 0 radical (unpaired) electrons. The monoisotopic (exact) mass is 201 g/mol. The second-order valence-electron chi connectivity index (χ2n) is 2.48. The van der Waals surface area contributed by atoms with Crippen LogP contribution in [-0.2, 0) is 19.1 Å². The molecule has 0 aromatic heterocycles. The number of ether oxygens (including phenoxy) is 2. The first-order chi connectivity index (χ1) is 6.54. The van der Waals surface area contributed by atoms with Crippen LogP contribution in [0.5, 0.6) is 0 Å². The van der Waals surface area contributed by atoms with Crippen LogP contribution in [0.15, 0.2) is 11.3 Å². The maximum Gasteiger partial charge on any atom is 0.354 e. The molecule has 0 aliphatic carbocycles. The summed E-state index contributed by atoms with van der Waals surface area (Å²) in [6.07, 6.45) is 0. The number of hydrogen-bond acceptors (Lipinski definition) is 5. The van der Waals surface area contributed by atoms with Gasteiger partial charge in [0.15, 0.2) is 0 Å². The number of nitrogens with two attached hydrogens (primary N) is 1. The van der Waals surface area contributed by atoms with Gasteiger partial charge >= 0.3 is 11.9 Å². The quantitative estimate of drug-likeness (QED) is 0.524. The molecule has 0 unspecified atom stereocenters. The maximum atomic E-state index is 11.1. The lowest BCUT2D eigenvalue weighted by Crippen LogP contribution is -2.20. The van der Waals surface area contributed by atoms with Gasteiger partial charge in [-0.05, 0) is 20.8 Å². The Morgan fingerprint density at radius 2 is 1.50 bits per heavy atom. The predicted octanol–water partition coefficient (Wildman–Crippen LogP) is 0.345. The minimum atomic E-state index is -0.696. The van der Waals surface area contributed by atoms with Crippen LogP contribution >= 0.6 is 0 Å². The van der Waals surface area contributed by atoms with Gasteiger partial charge in [-0.15, -0.1) is 0 Å². The van der Waals surface area contributed by atoms with E-state index >= 15 is 0 Å². The Balaban J connectivity index is 4.57. The number of carbonyl (C=O) groups excluding carboxylic acids is 2. The zero-order valence-electron chi connectivity index (χ0n) is 8.62. The van der Waals surface area contributed by atoms with Gasteiger partial charge in [-0.2, -0.15) is 0 Å². The van der Waals surface area contributed by atoms with Crippen LogP contribution in [0.3, 0.4) is 0 Å². The highest BCUT2D eigenvalue weighted by atomic mass is 16.5. The van der Waals surface area contributed by atoms with Gasteiger partial charge in [-0.3, -0.25) is 0 Å². The second-order valence-corrected chi connectivity index (χ2v) is 2.48. The van der Waals surface area contributed by atoms with Gasteiger partial charge in [-0.25, -0.2) is 9.59 Å². The van der Waals surface area contributed by atoms with Crippen molar-refractivity contribution in [2.75, 3.05) is 13.2 Å². The van der Waals surface area contributed by atoms with Crippen molar-refractivity contribution in [2.24, 2.45) is 5.73 Å². The Morgan fingerprint density at radius 3 is 1.93 bits per heavy atom. The van der Waals surface area contributed by atoms with Crippen LogP contribution < -0.4 is 5.73 Å². The normalized spacial score (nSPS) is 11.6. The van der Waals surface area contributed by atoms with Gasteiger partial charge in [0, 0.05) is 0 Å². The first-order valence-electron chi connectivity index (χ1n) is 4.35. The third kappa shape index (κ3) is 3.47. The fourth-order valence-electron chi connectivity index (χ4n) is 0.711. The van der Waals surface area contributed by atoms with Crippen molar-refractivity contribution < 1.29 is 19.1 Å². The first-order valence-corrected chi connectivity index (χ1v) is 4.35. The van der Waals surface area contributed by atoms with Gasteiger partial charge in [0.05, 0.1) is 18.8 Å². The molecule has 0 fully saturated rings. The van der Waals surface area contributed by atoms with E-state index in [1.54, 1.807) is 13.8 Å². The van der Waals surface area contributed by atoms with Crippen molar-refractivity contribution in [2.45, 2.75) is 20.8 Å². The van der Waals surface area contributed by atoms with Crippen molar-refractivity contribution in [1.29, 1.82) is 0 Å². The first kappa shape index (κ1) is 12.5. The smallest absolute Gasteiger partial charge is 0.354 e. The molecule has 80 valence electrons. The molecule has 5 nitrogen and oxygen atoms in total. The van der Waals surface area contributed by atoms with E-state index in [1.807, 2.05) is 0 Å².